The highest BCUT2D eigenvalue weighted by atomic mass is 16.5. The van der Waals surface area contributed by atoms with E-state index in [4.69, 9.17) is 14.2 Å². The van der Waals surface area contributed by atoms with Crippen molar-refractivity contribution in [3.63, 3.8) is 0 Å². The molecule has 166 valence electrons. The standard InChI is InChI=1S/C23H30N4O4/c1-29-19-13-21(30-2)20(22(14-19)31-3)15-24-25-23(28)17-27-11-9-26(10-12-27)16-18-7-5-4-6-8-18/h4-8,13-15H,9-12,16-17H2,1-3H3,(H,25,28). The zero-order chi connectivity index (χ0) is 22.1. The van der Waals surface area contributed by atoms with Gasteiger partial charge in [-0.3, -0.25) is 14.6 Å². The fraction of sp³-hybridized carbons (Fsp3) is 0.391. The molecule has 0 spiro atoms. The molecule has 8 nitrogen and oxygen atoms in total. The largest absolute Gasteiger partial charge is 0.496 e. The number of amides is 1. The van der Waals surface area contributed by atoms with E-state index in [9.17, 15) is 4.79 Å². The second-order valence-corrected chi connectivity index (χ2v) is 7.28. The molecule has 0 unspecified atom stereocenters. The monoisotopic (exact) mass is 426 g/mol. The first-order valence-electron chi connectivity index (χ1n) is 10.2. The van der Waals surface area contributed by atoms with Crippen LogP contribution in [-0.2, 0) is 11.3 Å². The molecule has 1 heterocycles. The van der Waals surface area contributed by atoms with Crippen LogP contribution in [0.4, 0.5) is 0 Å². The zero-order valence-electron chi connectivity index (χ0n) is 18.3. The number of hydrogen-bond donors (Lipinski definition) is 1. The molecule has 1 amide bonds. The highest BCUT2D eigenvalue weighted by Crippen LogP contribution is 2.32. The van der Waals surface area contributed by atoms with Gasteiger partial charge in [0.25, 0.3) is 5.91 Å². The first kappa shape index (κ1) is 22.6. The van der Waals surface area contributed by atoms with Gasteiger partial charge in [0.1, 0.15) is 17.2 Å². The van der Waals surface area contributed by atoms with Gasteiger partial charge < -0.3 is 14.2 Å². The number of ether oxygens (including phenoxy) is 3. The van der Waals surface area contributed by atoms with Crippen molar-refractivity contribution in [2.45, 2.75) is 6.54 Å². The molecule has 0 atom stereocenters. The van der Waals surface area contributed by atoms with Gasteiger partial charge >= 0.3 is 0 Å². The number of hydrogen-bond acceptors (Lipinski definition) is 7. The van der Waals surface area contributed by atoms with E-state index in [1.54, 1.807) is 33.5 Å². The summed E-state index contributed by atoms with van der Waals surface area (Å²) in [6.45, 7) is 4.83. The number of nitrogens with zero attached hydrogens (tertiary/aromatic N) is 3. The molecule has 1 aliphatic heterocycles. The van der Waals surface area contributed by atoms with E-state index in [-0.39, 0.29) is 5.91 Å². The molecule has 0 bridgehead atoms. The number of methoxy groups -OCH3 is 3. The van der Waals surface area contributed by atoms with Crippen LogP contribution in [0.1, 0.15) is 11.1 Å². The fourth-order valence-corrected chi connectivity index (χ4v) is 3.51. The second kappa shape index (κ2) is 11.3. The van der Waals surface area contributed by atoms with Gasteiger partial charge in [0.2, 0.25) is 0 Å². The minimum atomic E-state index is -0.154. The van der Waals surface area contributed by atoms with Crippen LogP contribution in [0.5, 0.6) is 17.2 Å². The molecule has 0 saturated carbocycles. The van der Waals surface area contributed by atoms with Crippen LogP contribution in [-0.4, -0.2) is 76.0 Å². The van der Waals surface area contributed by atoms with Gasteiger partial charge in [-0.15, -0.1) is 0 Å². The molecule has 2 aromatic rings. The highest BCUT2D eigenvalue weighted by Gasteiger charge is 2.19. The average molecular weight is 427 g/mol. The van der Waals surface area contributed by atoms with Gasteiger partial charge in [-0.25, -0.2) is 5.43 Å². The zero-order valence-corrected chi connectivity index (χ0v) is 18.3. The van der Waals surface area contributed by atoms with Crippen LogP contribution in [0, 0.1) is 0 Å². The van der Waals surface area contributed by atoms with E-state index in [0.29, 0.717) is 29.4 Å². The van der Waals surface area contributed by atoms with E-state index >= 15 is 0 Å². The van der Waals surface area contributed by atoms with Crippen molar-refractivity contribution in [1.82, 2.24) is 15.2 Å². The quantitative estimate of drug-likeness (QED) is 0.488. The maximum absolute atomic E-state index is 12.3. The van der Waals surface area contributed by atoms with Gasteiger partial charge in [0.15, 0.2) is 0 Å². The Morgan fingerprint density at radius 3 is 2.16 bits per heavy atom. The Bertz CT molecular complexity index is 855. The Labute approximate surface area is 183 Å². The third-order valence-corrected chi connectivity index (χ3v) is 5.22. The summed E-state index contributed by atoms with van der Waals surface area (Å²) in [5.74, 6) is 1.55. The average Bonchev–Trinajstić information content (AvgIpc) is 2.80. The van der Waals surface area contributed by atoms with Gasteiger partial charge in [-0.1, -0.05) is 30.3 Å². The number of nitrogens with one attached hydrogen (secondary N) is 1. The first-order chi connectivity index (χ1) is 15.1. The van der Waals surface area contributed by atoms with Gasteiger partial charge in [-0.05, 0) is 5.56 Å². The molecule has 0 radical (unpaired) electrons. The maximum Gasteiger partial charge on any atom is 0.254 e. The Morgan fingerprint density at radius 2 is 1.58 bits per heavy atom. The van der Waals surface area contributed by atoms with Crippen LogP contribution < -0.4 is 19.6 Å². The smallest absolute Gasteiger partial charge is 0.254 e. The van der Waals surface area contributed by atoms with Crippen LogP contribution >= 0.6 is 0 Å². The lowest BCUT2D eigenvalue weighted by atomic mass is 10.2. The van der Waals surface area contributed by atoms with E-state index in [0.717, 1.165) is 32.7 Å². The van der Waals surface area contributed by atoms with E-state index in [2.05, 4.69) is 44.6 Å². The molecule has 2 aromatic carbocycles. The Morgan fingerprint density at radius 1 is 0.968 bits per heavy atom. The Hall–Kier alpha value is -3.10. The SMILES string of the molecule is COc1cc(OC)c(C=NNC(=O)CN2CCN(Cc3ccccc3)CC2)c(OC)c1. The minimum absolute atomic E-state index is 0.154. The van der Waals surface area contributed by atoms with Gasteiger partial charge in [0.05, 0.1) is 39.7 Å². The predicted octanol–water partition coefficient (Wildman–Crippen LogP) is 1.98. The highest BCUT2D eigenvalue weighted by molar-refractivity contribution is 5.89. The summed E-state index contributed by atoms with van der Waals surface area (Å²) in [7, 11) is 4.69. The van der Waals surface area contributed by atoms with Crippen molar-refractivity contribution in [1.29, 1.82) is 0 Å². The number of piperazine rings is 1. The normalized spacial score (nSPS) is 15.1. The minimum Gasteiger partial charge on any atom is -0.496 e. The molecular formula is C23H30N4O4. The molecule has 1 N–H and O–H groups in total. The molecule has 3 rings (SSSR count). The summed E-state index contributed by atoms with van der Waals surface area (Å²) in [5.41, 5.74) is 4.53. The fourth-order valence-electron chi connectivity index (χ4n) is 3.51. The molecule has 1 saturated heterocycles. The van der Waals surface area contributed by atoms with Crippen molar-refractivity contribution in [3.8, 4) is 17.2 Å². The molecule has 0 aliphatic carbocycles. The van der Waals surface area contributed by atoms with Gasteiger partial charge in [0, 0.05) is 44.9 Å². The summed E-state index contributed by atoms with van der Waals surface area (Å²) in [5, 5.41) is 4.09. The summed E-state index contributed by atoms with van der Waals surface area (Å²) in [4.78, 5) is 16.9. The maximum atomic E-state index is 12.3. The van der Waals surface area contributed by atoms with E-state index in [1.807, 2.05) is 6.07 Å². The number of benzene rings is 2. The summed E-state index contributed by atoms with van der Waals surface area (Å²) in [6.07, 6.45) is 1.52. The van der Waals surface area contributed by atoms with Crippen molar-refractivity contribution in [2.75, 3.05) is 54.1 Å². The van der Waals surface area contributed by atoms with Crippen LogP contribution in [0.2, 0.25) is 0 Å². The topological polar surface area (TPSA) is 75.6 Å². The number of carbonyl (C=O) groups is 1. The summed E-state index contributed by atoms with van der Waals surface area (Å²) in [6, 6.07) is 13.9. The molecule has 8 heteroatoms. The predicted molar refractivity (Wildman–Crippen MR) is 120 cm³/mol. The first-order valence-corrected chi connectivity index (χ1v) is 10.2. The van der Waals surface area contributed by atoms with Crippen LogP contribution in [0.3, 0.4) is 0 Å². The lowest BCUT2D eigenvalue weighted by Crippen LogP contribution is -2.48. The lowest BCUT2D eigenvalue weighted by Gasteiger charge is -2.34. The van der Waals surface area contributed by atoms with Crippen LogP contribution in [0.15, 0.2) is 47.6 Å². The summed E-state index contributed by atoms with van der Waals surface area (Å²) >= 11 is 0. The summed E-state index contributed by atoms with van der Waals surface area (Å²) < 4.78 is 16.0. The Balaban J connectivity index is 1.48. The van der Waals surface area contributed by atoms with Crippen molar-refractivity contribution < 1.29 is 19.0 Å². The lowest BCUT2D eigenvalue weighted by molar-refractivity contribution is -0.122. The number of rotatable bonds is 9. The Kier molecular flexibility index (Phi) is 8.26. The molecule has 1 fully saturated rings. The number of hydrazone groups is 1. The van der Waals surface area contributed by atoms with E-state index in [1.165, 1.54) is 11.8 Å². The molecule has 1 aliphatic rings. The third-order valence-electron chi connectivity index (χ3n) is 5.22. The van der Waals surface area contributed by atoms with Crippen LogP contribution in [0.25, 0.3) is 0 Å². The molecular weight excluding hydrogens is 396 g/mol. The van der Waals surface area contributed by atoms with Crippen molar-refractivity contribution in [2.24, 2.45) is 5.10 Å². The molecule has 0 aromatic heterocycles. The van der Waals surface area contributed by atoms with Crippen molar-refractivity contribution in [3.05, 3.63) is 53.6 Å². The van der Waals surface area contributed by atoms with Crippen molar-refractivity contribution >= 4 is 12.1 Å². The van der Waals surface area contributed by atoms with Gasteiger partial charge in [-0.2, -0.15) is 5.10 Å². The van der Waals surface area contributed by atoms with E-state index < -0.39 is 0 Å². The second-order valence-electron chi connectivity index (χ2n) is 7.28. The third kappa shape index (κ3) is 6.44. The number of carbonyl (C=O) groups excluding carboxylic acids is 1. The molecule has 31 heavy (non-hydrogen) atoms.